The quantitative estimate of drug-likeness (QED) is 0.845. The van der Waals surface area contributed by atoms with Crippen LogP contribution in [-0.4, -0.2) is 39.0 Å². The van der Waals surface area contributed by atoms with E-state index in [9.17, 15) is 9.90 Å². The summed E-state index contributed by atoms with van der Waals surface area (Å²) in [5, 5.41) is 9.23. The lowest BCUT2D eigenvalue weighted by Crippen LogP contribution is -2.39. The van der Waals surface area contributed by atoms with Crippen molar-refractivity contribution in [3.8, 4) is 0 Å². The van der Waals surface area contributed by atoms with Crippen molar-refractivity contribution >= 4 is 5.91 Å². The summed E-state index contributed by atoms with van der Waals surface area (Å²) >= 11 is 0. The molecular formula is C16H27N3O2. The van der Waals surface area contributed by atoms with Crippen LogP contribution in [0, 0.1) is 18.8 Å². The number of aromatic amines is 1. The summed E-state index contributed by atoms with van der Waals surface area (Å²) in [6.45, 7) is 5.03. The third kappa shape index (κ3) is 4.30. The van der Waals surface area contributed by atoms with E-state index >= 15 is 0 Å². The molecule has 2 rings (SSSR count). The lowest BCUT2D eigenvalue weighted by Gasteiger charge is -2.31. The molecule has 1 aliphatic carbocycles. The minimum absolute atomic E-state index is 0.00314. The second-order valence-corrected chi connectivity index (χ2v) is 6.10. The van der Waals surface area contributed by atoms with Crippen molar-refractivity contribution in [2.75, 3.05) is 13.2 Å². The molecule has 1 saturated carbocycles. The average Bonchev–Trinajstić information content (AvgIpc) is 2.91. The van der Waals surface area contributed by atoms with Crippen molar-refractivity contribution in [1.29, 1.82) is 0 Å². The van der Waals surface area contributed by atoms with Gasteiger partial charge in [-0.1, -0.05) is 13.3 Å². The molecule has 21 heavy (non-hydrogen) atoms. The Morgan fingerprint density at radius 3 is 2.67 bits per heavy atom. The minimum Gasteiger partial charge on any atom is -0.395 e. The van der Waals surface area contributed by atoms with E-state index in [1.807, 2.05) is 6.92 Å². The molecule has 1 aliphatic rings. The van der Waals surface area contributed by atoms with Gasteiger partial charge < -0.3 is 15.0 Å². The van der Waals surface area contributed by atoms with E-state index in [0.29, 0.717) is 13.1 Å². The Bertz CT molecular complexity index is 450. The molecule has 0 saturated heterocycles. The number of imidazole rings is 1. The fourth-order valence-electron chi connectivity index (χ4n) is 3.22. The normalized spacial score (nSPS) is 22.2. The Morgan fingerprint density at radius 1 is 1.43 bits per heavy atom. The number of nitrogens with zero attached hydrogens (tertiary/aromatic N) is 2. The molecule has 0 radical (unpaired) electrons. The summed E-state index contributed by atoms with van der Waals surface area (Å²) in [7, 11) is 0. The molecule has 2 N–H and O–H groups in total. The first-order chi connectivity index (χ1) is 10.1. The summed E-state index contributed by atoms with van der Waals surface area (Å²) in [6.07, 6.45) is 7.27. The van der Waals surface area contributed by atoms with Crippen LogP contribution in [0.15, 0.2) is 6.20 Å². The van der Waals surface area contributed by atoms with Crippen LogP contribution < -0.4 is 0 Å². The number of rotatable bonds is 6. The molecule has 1 fully saturated rings. The smallest absolute Gasteiger partial charge is 0.226 e. The van der Waals surface area contributed by atoms with E-state index in [0.717, 1.165) is 43.1 Å². The van der Waals surface area contributed by atoms with E-state index in [2.05, 4.69) is 16.9 Å². The number of carbonyl (C=O) groups excluding carboxylic acids is 1. The molecule has 1 amide bonds. The van der Waals surface area contributed by atoms with Gasteiger partial charge in [0.1, 0.15) is 5.82 Å². The van der Waals surface area contributed by atoms with Gasteiger partial charge in [0.25, 0.3) is 0 Å². The van der Waals surface area contributed by atoms with Crippen molar-refractivity contribution in [2.24, 2.45) is 11.8 Å². The summed E-state index contributed by atoms with van der Waals surface area (Å²) < 4.78 is 0. The highest BCUT2D eigenvalue weighted by Gasteiger charge is 2.28. The molecular weight excluding hydrogens is 266 g/mol. The molecule has 0 atom stereocenters. The van der Waals surface area contributed by atoms with E-state index in [1.165, 1.54) is 6.42 Å². The molecule has 1 aromatic heterocycles. The standard InChI is InChI=1S/C16H27N3O2/c1-3-13-4-6-14(7-5-13)16(21)19(8-9-20)11-15-10-17-12(2)18-15/h10,13-14,20H,3-9,11H2,1-2H3,(H,17,18). The molecule has 1 heterocycles. The summed E-state index contributed by atoms with van der Waals surface area (Å²) in [5.74, 6) is 1.95. The third-order valence-corrected chi connectivity index (χ3v) is 4.57. The molecule has 0 unspecified atom stereocenters. The zero-order valence-electron chi connectivity index (χ0n) is 13.1. The Labute approximate surface area is 126 Å². The van der Waals surface area contributed by atoms with E-state index in [4.69, 9.17) is 0 Å². The maximum Gasteiger partial charge on any atom is 0.226 e. The lowest BCUT2D eigenvalue weighted by atomic mass is 9.80. The number of hydrogen-bond acceptors (Lipinski definition) is 3. The van der Waals surface area contributed by atoms with Crippen molar-refractivity contribution < 1.29 is 9.90 Å². The van der Waals surface area contributed by atoms with Gasteiger partial charge in [-0.25, -0.2) is 4.98 Å². The van der Waals surface area contributed by atoms with Crippen LogP contribution in [0.1, 0.15) is 50.5 Å². The van der Waals surface area contributed by atoms with E-state index < -0.39 is 0 Å². The first-order valence-electron chi connectivity index (χ1n) is 8.04. The zero-order valence-corrected chi connectivity index (χ0v) is 13.1. The highest BCUT2D eigenvalue weighted by molar-refractivity contribution is 5.78. The Balaban J connectivity index is 1.95. The summed E-state index contributed by atoms with van der Waals surface area (Å²) in [4.78, 5) is 21.8. The fraction of sp³-hybridized carbons (Fsp3) is 0.750. The van der Waals surface area contributed by atoms with E-state index in [-0.39, 0.29) is 18.4 Å². The van der Waals surface area contributed by atoms with Gasteiger partial charge in [0, 0.05) is 12.5 Å². The number of aryl methyl sites for hydroxylation is 1. The number of aliphatic hydroxyl groups excluding tert-OH is 1. The monoisotopic (exact) mass is 293 g/mol. The van der Waals surface area contributed by atoms with Crippen LogP contribution in [0.4, 0.5) is 0 Å². The van der Waals surface area contributed by atoms with Crippen molar-refractivity contribution in [2.45, 2.75) is 52.5 Å². The third-order valence-electron chi connectivity index (χ3n) is 4.57. The first-order valence-corrected chi connectivity index (χ1v) is 8.04. The number of hydrogen-bond donors (Lipinski definition) is 2. The molecule has 0 spiro atoms. The molecule has 118 valence electrons. The number of H-pyrrole nitrogens is 1. The van der Waals surface area contributed by atoms with Crippen molar-refractivity contribution in [3.05, 3.63) is 17.7 Å². The highest BCUT2D eigenvalue weighted by atomic mass is 16.3. The van der Waals surface area contributed by atoms with Crippen molar-refractivity contribution in [3.63, 3.8) is 0 Å². The van der Waals surface area contributed by atoms with Gasteiger partial charge in [0.15, 0.2) is 0 Å². The largest absolute Gasteiger partial charge is 0.395 e. The summed E-state index contributed by atoms with van der Waals surface area (Å²) in [6, 6.07) is 0. The van der Waals surface area contributed by atoms with Crippen LogP contribution in [0.25, 0.3) is 0 Å². The van der Waals surface area contributed by atoms with Crippen LogP contribution in [0.5, 0.6) is 0 Å². The topological polar surface area (TPSA) is 69.2 Å². The average molecular weight is 293 g/mol. The summed E-state index contributed by atoms with van der Waals surface area (Å²) in [5.41, 5.74) is 0.927. The first kappa shape index (κ1) is 16.0. The molecule has 0 bridgehead atoms. The van der Waals surface area contributed by atoms with Crippen LogP contribution in [-0.2, 0) is 11.3 Å². The van der Waals surface area contributed by atoms with Gasteiger partial charge in [-0.2, -0.15) is 0 Å². The number of carbonyl (C=O) groups is 1. The van der Waals surface area contributed by atoms with Gasteiger partial charge in [-0.15, -0.1) is 0 Å². The van der Waals surface area contributed by atoms with Crippen molar-refractivity contribution in [1.82, 2.24) is 14.9 Å². The molecule has 0 aromatic carbocycles. The number of nitrogens with one attached hydrogen (secondary N) is 1. The Morgan fingerprint density at radius 2 is 2.14 bits per heavy atom. The van der Waals surface area contributed by atoms with Crippen LogP contribution >= 0.6 is 0 Å². The molecule has 5 heteroatoms. The SMILES string of the molecule is CCC1CCC(C(=O)N(CCO)Cc2cnc(C)[nH]2)CC1. The van der Waals surface area contributed by atoms with Gasteiger partial charge in [-0.05, 0) is 38.5 Å². The van der Waals surface area contributed by atoms with Crippen LogP contribution in [0.2, 0.25) is 0 Å². The van der Waals surface area contributed by atoms with Gasteiger partial charge >= 0.3 is 0 Å². The van der Waals surface area contributed by atoms with Gasteiger partial charge in [0.2, 0.25) is 5.91 Å². The minimum atomic E-state index is 0.00314. The number of amides is 1. The molecule has 1 aromatic rings. The fourth-order valence-corrected chi connectivity index (χ4v) is 3.22. The molecule has 5 nitrogen and oxygen atoms in total. The second-order valence-electron chi connectivity index (χ2n) is 6.10. The number of aromatic nitrogens is 2. The zero-order chi connectivity index (χ0) is 15.2. The van der Waals surface area contributed by atoms with Gasteiger partial charge in [0.05, 0.1) is 25.0 Å². The Kier molecular flexibility index (Phi) is 5.79. The predicted octanol–water partition coefficient (Wildman–Crippen LogP) is 2.26. The maximum atomic E-state index is 12.7. The lowest BCUT2D eigenvalue weighted by molar-refractivity contribution is -0.138. The predicted molar refractivity (Wildman–Crippen MR) is 81.6 cm³/mol. The molecule has 0 aliphatic heterocycles. The van der Waals surface area contributed by atoms with Gasteiger partial charge in [-0.3, -0.25) is 4.79 Å². The van der Waals surface area contributed by atoms with Crippen LogP contribution in [0.3, 0.4) is 0 Å². The Hall–Kier alpha value is -1.36. The van der Waals surface area contributed by atoms with E-state index in [1.54, 1.807) is 11.1 Å². The number of aliphatic hydroxyl groups is 1. The highest BCUT2D eigenvalue weighted by Crippen LogP contribution is 2.31. The maximum absolute atomic E-state index is 12.7. The second kappa shape index (κ2) is 7.59.